The minimum atomic E-state index is -1.62. The van der Waals surface area contributed by atoms with Crippen molar-refractivity contribution in [3.8, 4) is 11.5 Å². The quantitative estimate of drug-likeness (QED) is 0.0353. The van der Waals surface area contributed by atoms with Gasteiger partial charge in [-0.1, -0.05) is 35.3 Å². The van der Waals surface area contributed by atoms with Crippen molar-refractivity contribution in [1.29, 1.82) is 0 Å². The summed E-state index contributed by atoms with van der Waals surface area (Å²) in [5.74, 6) is -3.58. The summed E-state index contributed by atoms with van der Waals surface area (Å²) < 4.78 is 10.8. The molecule has 0 bridgehead atoms. The van der Waals surface area contributed by atoms with Gasteiger partial charge in [0, 0.05) is 17.3 Å². The standard InChI is InChI=1S/C47H43Cl5N8O8/c1-23(49)27-7-15-40(67-5)38(18-27)55-44(63)33-20-31(9-12-35(33)51)57-59-42(25(3)61)46(65)53-30-11-14-37(29(17-30)22-48)54-47(66)43(26(4)62)60-58-32-10-13-36(52)34(21-32)45(64)56-39-19-28(24(2)50)8-16-41(39)68-6/h7-21,23-24,42-43H,22H2,1-6H3,(H,53,65)(H,54,66)(H,55,63)(H,56,64). The highest BCUT2D eigenvalue weighted by Gasteiger charge is 2.26. The summed E-state index contributed by atoms with van der Waals surface area (Å²) in [6.45, 7) is 5.87. The molecule has 4 amide bonds. The molecule has 0 saturated heterocycles. The zero-order valence-corrected chi connectivity index (χ0v) is 40.9. The van der Waals surface area contributed by atoms with Crippen LogP contribution in [0, 0.1) is 0 Å². The molecule has 0 aliphatic rings. The second-order valence-electron chi connectivity index (χ2n) is 14.8. The van der Waals surface area contributed by atoms with Gasteiger partial charge in [-0.3, -0.25) is 28.8 Å². The van der Waals surface area contributed by atoms with Crippen LogP contribution in [-0.4, -0.2) is 61.5 Å². The fourth-order valence-corrected chi connectivity index (χ4v) is 7.12. The minimum Gasteiger partial charge on any atom is -0.495 e. The van der Waals surface area contributed by atoms with Gasteiger partial charge in [-0.2, -0.15) is 20.5 Å². The smallest absolute Gasteiger partial charge is 0.258 e. The fourth-order valence-electron chi connectivity index (χ4n) is 6.22. The van der Waals surface area contributed by atoms with Crippen molar-refractivity contribution in [2.75, 3.05) is 35.5 Å². The van der Waals surface area contributed by atoms with Gasteiger partial charge in [0.1, 0.15) is 11.5 Å². The largest absolute Gasteiger partial charge is 0.495 e. The average Bonchev–Trinajstić information content (AvgIpc) is 3.30. The molecular weight excluding hydrogens is 982 g/mol. The number of ether oxygens (including phenoxy) is 2. The molecule has 5 rings (SSSR count). The second kappa shape index (κ2) is 24.0. The molecule has 68 heavy (non-hydrogen) atoms. The number of anilines is 4. The Morgan fingerprint density at radius 2 is 1.00 bits per heavy atom. The lowest BCUT2D eigenvalue weighted by Crippen LogP contribution is -2.32. The van der Waals surface area contributed by atoms with E-state index in [2.05, 4.69) is 41.7 Å². The fraction of sp³-hybridized carbons (Fsp3) is 0.234. The SMILES string of the molecule is COc1ccc(C(C)Cl)cc1NC(=O)c1cc(N=NC(C(C)=O)C(=O)Nc2ccc(NC(=O)C(N=Nc3ccc(Cl)c(C(=O)Nc4cc(C(C)Cl)ccc4OC)c3)C(C)=O)c(CCl)c2)ccc1Cl. The molecule has 16 nitrogen and oxygen atoms in total. The van der Waals surface area contributed by atoms with Crippen LogP contribution < -0.4 is 30.7 Å². The third-order valence-electron chi connectivity index (χ3n) is 9.87. The molecule has 0 radical (unpaired) electrons. The first-order valence-corrected chi connectivity index (χ1v) is 22.5. The Morgan fingerprint density at radius 1 is 0.559 bits per heavy atom. The number of carbonyl (C=O) groups is 6. The number of hydrogen-bond donors (Lipinski definition) is 4. The van der Waals surface area contributed by atoms with Crippen molar-refractivity contribution in [3.63, 3.8) is 0 Å². The van der Waals surface area contributed by atoms with E-state index < -0.39 is 47.3 Å². The number of benzene rings is 5. The van der Waals surface area contributed by atoms with Gasteiger partial charge in [0.2, 0.25) is 12.1 Å². The molecule has 5 aromatic carbocycles. The number of nitrogens with one attached hydrogen (secondary N) is 4. The van der Waals surface area contributed by atoms with Crippen LogP contribution in [0.2, 0.25) is 10.0 Å². The summed E-state index contributed by atoms with van der Waals surface area (Å²) >= 11 is 31.5. The summed E-state index contributed by atoms with van der Waals surface area (Å²) in [7, 11) is 2.91. The van der Waals surface area contributed by atoms with Crippen LogP contribution in [-0.2, 0) is 25.1 Å². The predicted molar refractivity (Wildman–Crippen MR) is 265 cm³/mol. The van der Waals surface area contributed by atoms with Crippen molar-refractivity contribution in [3.05, 3.63) is 129 Å². The van der Waals surface area contributed by atoms with Gasteiger partial charge in [-0.15, -0.1) is 34.8 Å². The highest BCUT2D eigenvalue weighted by Crippen LogP contribution is 2.34. The summed E-state index contributed by atoms with van der Waals surface area (Å²) in [4.78, 5) is 78.8. The van der Waals surface area contributed by atoms with Gasteiger partial charge < -0.3 is 30.7 Å². The van der Waals surface area contributed by atoms with Crippen molar-refractivity contribution < 1.29 is 38.2 Å². The number of ketones is 2. The highest BCUT2D eigenvalue weighted by molar-refractivity contribution is 6.35. The van der Waals surface area contributed by atoms with Crippen LogP contribution in [0.15, 0.2) is 111 Å². The lowest BCUT2D eigenvalue weighted by atomic mass is 10.1. The molecule has 354 valence electrons. The molecule has 0 aromatic heterocycles. The van der Waals surface area contributed by atoms with Gasteiger partial charge in [0.15, 0.2) is 11.6 Å². The predicted octanol–water partition coefficient (Wildman–Crippen LogP) is 12.2. The zero-order chi connectivity index (χ0) is 49.8. The first-order chi connectivity index (χ1) is 32.3. The summed E-state index contributed by atoms with van der Waals surface area (Å²) in [6.07, 6.45) is 0. The highest BCUT2D eigenvalue weighted by atomic mass is 35.5. The molecule has 0 saturated carbocycles. The molecule has 0 aliphatic heterocycles. The average molecular weight is 1030 g/mol. The summed E-state index contributed by atoms with van der Waals surface area (Å²) in [5, 5.41) is 26.3. The summed E-state index contributed by atoms with van der Waals surface area (Å²) in [6, 6.07) is 19.7. The number of halogens is 5. The lowest BCUT2D eigenvalue weighted by molar-refractivity contribution is -0.127. The number of Topliss-reactive ketones (excluding diaryl/α,β-unsaturated/α-hetero) is 2. The Morgan fingerprint density at radius 3 is 1.40 bits per heavy atom. The van der Waals surface area contributed by atoms with Gasteiger partial charge in [-0.05, 0) is 123 Å². The van der Waals surface area contributed by atoms with Crippen LogP contribution in [0.1, 0.15) is 75.9 Å². The van der Waals surface area contributed by atoms with E-state index in [1.165, 1.54) is 68.8 Å². The number of alkyl halides is 3. The normalized spacial score (nSPS) is 13.0. The van der Waals surface area contributed by atoms with Crippen molar-refractivity contribution in [2.45, 2.75) is 56.4 Å². The maximum absolute atomic E-state index is 13.4. The van der Waals surface area contributed by atoms with E-state index in [9.17, 15) is 28.8 Å². The van der Waals surface area contributed by atoms with Gasteiger partial charge in [-0.25, -0.2) is 0 Å². The molecule has 5 aromatic rings. The number of hydrogen-bond acceptors (Lipinski definition) is 12. The Bertz CT molecular complexity index is 2820. The number of rotatable bonds is 19. The molecule has 0 heterocycles. The van der Waals surface area contributed by atoms with Crippen molar-refractivity contribution >= 4 is 127 Å². The van der Waals surface area contributed by atoms with Crippen LogP contribution in [0.25, 0.3) is 0 Å². The van der Waals surface area contributed by atoms with Crippen molar-refractivity contribution in [2.24, 2.45) is 20.5 Å². The Labute approximate surface area is 416 Å². The molecule has 0 aliphatic carbocycles. The van der Waals surface area contributed by atoms with E-state index in [-0.39, 0.29) is 60.6 Å². The topological polar surface area (TPSA) is 218 Å². The van der Waals surface area contributed by atoms with Crippen LogP contribution >= 0.6 is 58.0 Å². The van der Waals surface area contributed by atoms with Gasteiger partial charge in [0.05, 0.1) is 68.9 Å². The Balaban J connectivity index is 1.27. The van der Waals surface area contributed by atoms with E-state index in [1.807, 2.05) is 0 Å². The summed E-state index contributed by atoms with van der Waals surface area (Å²) in [5.41, 5.74) is 3.15. The molecule has 0 spiro atoms. The van der Waals surface area contributed by atoms with Crippen LogP contribution in [0.3, 0.4) is 0 Å². The first-order valence-electron chi connectivity index (χ1n) is 20.3. The molecular formula is C47H43Cl5N8O8. The molecule has 4 N–H and O–H groups in total. The van der Waals surface area contributed by atoms with Crippen molar-refractivity contribution in [1.82, 2.24) is 0 Å². The molecule has 4 atom stereocenters. The van der Waals surface area contributed by atoms with E-state index >= 15 is 0 Å². The first kappa shape index (κ1) is 52.5. The molecule has 0 fully saturated rings. The third-order valence-corrected chi connectivity index (χ3v) is 11.3. The lowest BCUT2D eigenvalue weighted by Gasteiger charge is -2.15. The number of azo groups is 2. The molecule has 21 heteroatoms. The van der Waals surface area contributed by atoms with Crippen LogP contribution in [0.4, 0.5) is 34.1 Å². The van der Waals surface area contributed by atoms with E-state index in [1.54, 1.807) is 50.2 Å². The third kappa shape index (κ3) is 13.6. The molecule has 4 unspecified atom stereocenters. The Kier molecular flexibility index (Phi) is 18.6. The van der Waals surface area contributed by atoms with Gasteiger partial charge >= 0.3 is 0 Å². The number of methoxy groups -OCH3 is 2. The minimum absolute atomic E-state index is 0.0228. The van der Waals surface area contributed by atoms with E-state index in [0.717, 1.165) is 25.0 Å². The van der Waals surface area contributed by atoms with Crippen LogP contribution in [0.5, 0.6) is 11.5 Å². The second-order valence-corrected chi connectivity index (χ2v) is 17.2. The van der Waals surface area contributed by atoms with E-state index in [4.69, 9.17) is 67.5 Å². The Hall–Kier alpha value is -6.43. The van der Waals surface area contributed by atoms with Gasteiger partial charge in [0.25, 0.3) is 23.6 Å². The number of amides is 4. The number of carbonyl (C=O) groups excluding carboxylic acids is 6. The monoisotopic (exact) mass is 1020 g/mol. The van der Waals surface area contributed by atoms with E-state index in [0.29, 0.717) is 28.4 Å². The zero-order valence-electron chi connectivity index (χ0n) is 37.1. The maximum atomic E-state index is 13.4. The number of nitrogens with zero attached hydrogens (tertiary/aromatic N) is 4. The maximum Gasteiger partial charge on any atom is 0.258 e.